The first-order valence-electron chi connectivity index (χ1n) is 9.77. The maximum absolute atomic E-state index is 11.5. The van der Waals surface area contributed by atoms with Crippen LogP contribution in [-0.4, -0.2) is 48.8 Å². The van der Waals surface area contributed by atoms with Crippen LogP contribution in [0.15, 0.2) is 24.4 Å². The quantitative estimate of drug-likeness (QED) is 0.604. The topological polar surface area (TPSA) is 61.7 Å². The summed E-state index contributed by atoms with van der Waals surface area (Å²) < 4.78 is 5.03. The highest BCUT2D eigenvalue weighted by Gasteiger charge is 2.40. The number of likely N-dealkylation sites (N-methyl/N-ethyl adjacent to an activating group) is 1. The van der Waals surface area contributed by atoms with E-state index in [9.17, 15) is 4.79 Å². The van der Waals surface area contributed by atoms with Crippen LogP contribution in [0.25, 0.3) is 15.7 Å². The van der Waals surface area contributed by atoms with E-state index in [-0.39, 0.29) is 13.5 Å². The van der Waals surface area contributed by atoms with E-state index in [1.54, 1.807) is 0 Å². The molecule has 0 bridgehead atoms. The maximum atomic E-state index is 11.5. The molecule has 28 heavy (non-hydrogen) atoms. The minimum atomic E-state index is -0.327. The van der Waals surface area contributed by atoms with E-state index >= 15 is 0 Å². The van der Waals surface area contributed by atoms with Crippen LogP contribution in [0.3, 0.4) is 0 Å². The predicted molar refractivity (Wildman–Crippen MR) is 114 cm³/mol. The molecule has 1 heterocycles. The summed E-state index contributed by atoms with van der Waals surface area (Å²) in [6.45, 7) is 15.3. The number of hydrogen-bond acceptors (Lipinski definition) is 3. The zero-order valence-corrected chi connectivity index (χ0v) is 16.1. The van der Waals surface area contributed by atoms with Gasteiger partial charge in [-0.3, -0.25) is 0 Å². The summed E-state index contributed by atoms with van der Waals surface area (Å²) in [7, 11) is 0. The molecule has 2 aromatic rings. The number of ether oxygens (including phenoxy) is 1. The normalized spacial score (nSPS) is 17.8. The number of aromatic amines is 1. The second-order valence-electron chi connectivity index (χ2n) is 7.14. The van der Waals surface area contributed by atoms with Crippen molar-refractivity contribution in [2.24, 2.45) is 5.92 Å². The molecule has 1 aliphatic rings. The van der Waals surface area contributed by atoms with Gasteiger partial charge >= 0.3 is 6.09 Å². The summed E-state index contributed by atoms with van der Waals surface area (Å²) in [5.74, 6) is 1.18. The molecule has 0 spiro atoms. The van der Waals surface area contributed by atoms with E-state index in [0.717, 1.165) is 31.6 Å². The van der Waals surface area contributed by atoms with E-state index in [2.05, 4.69) is 33.2 Å². The predicted octanol–water partition coefficient (Wildman–Crippen LogP) is 4.92. The van der Waals surface area contributed by atoms with Crippen molar-refractivity contribution in [2.75, 3.05) is 32.8 Å². The second-order valence-corrected chi connectivity index (χ2v) is 7.14. The molecule has 0 aliphatic heterocycles. The fourth-order valence-corrected chi connectivity index (χ4v) is 3.61. The highest BCUT2D eigenvalue weighted by molar-refractivity contribution is 5.87. The van der Waals surface area contributed by atoms with Crippen molar-refractivity contribution in [1.29, 1.82) is 0 Å². The number of nitrogens with zero attached hydrogens (tertiary/aromatic N) is 2. The lowest BCUT2D eigenvalue weighted by atomic mass is 10.1. The number of benzene rings is 1. The zero-order chi connectivity index (χ0) is 19.2. The average molecular weight is 385 g/mol. The summed E-state index contributed by atoms with van der Waals surface area (Å²) in [6.07, 6.45) is 3.79. The van der Waals surface area contributed by atoms with Crippen molar-refractivity contribution >= 4 is 22.7 Å². The van der Waals surface area contributed by atoms with Gasteiger partial charge in [-0.05, 0) is 54.3 Å². The van der Waals surface area contributed by atoms with Crippen LogP contribution < -0.4 is 5.32 Å². The lowest BCUT2D eigenvalue weighted by molar-refractivity contribution is 0.144. The number of H-pyrrole nitrogens is 1. The van der Waals surface area contributed by atoms with Gasteiger partial charge in [0, 0.05) is 31.3 Å². The molecule has 2 atom stereocenters. The first-order valence-corrected chi connectivity index (χ1v) is 9.77. The molecule has 1 saturated carbocycles. The van der Waals surface area contributed by atoms with Crippen molar-refractivity contribution in [2.45, 2.75) is 40.0 Å². The molecule has 1 aromatic heterocycles. The van der Waals surface area contributed by atoms with E-state index in [1.807, 2.05) is 25.1 Å². The van der Waals surface area contributed by atoms with Gasteiger partial charge < -0.3 is 19.9 Å². The summed E-state index contributed by atoms with van der Waals surface area (Å²) in [5.41, 5.74) is 3.12. The second kappa shape index (κ2) is 10.1. The highest BCUT2D eigenvalue weighted by atomic mass is 16.5. The molecule has 1 fully saturated rings. The number of nitrogens with one attached hydrogen (secondary N) is 2. The van der Waals surface area contributed by atoms with Crippen LogP contribution in [0.5, 0.6) is 0 Å². The van der Waals surface area contributed by atoms with Crippen LogP contribution in [-0.2, 0) is 4.74 Å². The lowest BCUT2D eigenvalue weighted by Gasteiger charge is -2.20. The van der Waals surface area contributed by atoms with Gasteiger partial charge in [-0.1, -0.05) is 27.3 Å². The Morgan fingerprint density at radius 2 is 2.25 bits per heavy atom. The number of amides is 1. The molecule has 2 unspecified atom stereocenters. The van der Waals surface area contributed by atoms with Crippen LogP contribution in [0.1, 0.15) is 45.6 Å². The van der Waals surface area contributed by atoms with Crippen LogP contribution in [0.4, 0.5) is 10.5 Å². The largest absolute Gasteiger partial charge is 0.450 e. The molecule has 0 saturated heterocycles. The standard InChI is InChI=1S/C21H28N4O2.CH4/c1-4-10-27-21(26)23-8-9-25(5-2)14-15-11-17(15)19-13-24-20-7-6-16(22-3)12-18(19)20;/h6-7,12-13,15,17,24H,4-5,8-11,14H2,1-2H3,(H,23,26);1H4. The smallest absolute Gasteiger partial charge is 0.407 e. The molecule has 152 valence electrons. The van der Waals surface area contributed by atoms with E-state index in [4.69, 9.17) is 11.3 Å². The van der Waals surface area contributed by atoms with Crippen LogP contribution in [0, 0.1) is 12.5 Å². The molecule has 1 amide bonds. The Kier molecular flexibility index (Phi) is 7.89. The molecule has 1 aromatic carbocycles. The Labute approximate surface area is 168 Å². The Bertz CT molecular complexity index is 824. The number of carbonyl (C=O) groups is 1. The number of fused-ring (bicyclic) bond motifs is 1. The van der Waals surface area contributed by atoms with E-state index < -0.39 is 0 Å². The van der Waals surface area contributed by atoms with E-state index in [0.29, 0.717) is 30.7 Å². The fourth-order valence-electron chi connectivity index (χ4n) is 3.61. The Morgan fingerprint density at radius 3 is 2.96 bits per heavy atom. The minimum Gasteiger partial charge on any atom is -0.450 e. The number of carbonyl (C=O) groups excluding carboxylic acids is 1. The molecule has 0 radical (unpaired) electrons. The first kappa shape index (κ1) is 21.8. The molecule has 6 heteroatoms. The molecule has 2 N–H and O–H groups in total. The third-order valence-corrected chi connectivity index (χ3v) is 5.22. The lowest BCUT2D eigenvalue weighted by Crippen LogP contribution is -2.36. The summed E-state index contributed by atoms with van der Waals surface area (Å²) in [4.78, 5) is 20.8. The molecule has 6 nitrogen and oxygen atoms in total. The molecular weight excluding hydrogens is 352 g/mol. The van der Waals surface area contributed by atoms with Crippen LogP contribution >= 0.6 is 0 Å². The SMILES string of the molecule is C.[C-]#[N+]c1ccc2[nH]cc(C3CC3CN(CC)CCNC(=O)OCCC)c2c1. The van der Waals surface area contributed by atoms with Gasteiger partial charge in [-0.25, -0.2) is 9.64 Å². The van der Waals surface area contributed by atoms with Crippen molar-refractivity contribution in [3.63, 3.8) is 0 Å². The highest BCUT2D eigenvalue weighted by Crippen LogP contribution is 2.50. The van der Waals surface area contributed by atoms with Crippen molar-refractivity contribution in [3.05, 3.63) is 41.4 Å². The number of alkyl carbamates (subject to hydrolysis) is 1. The van der Waals surface area contributed by atoms with Gasteiger partial charge in [0.2, 0.25) is 0 Å². The third-order valence-electron chi connectivity index (χ3n) is 5.22. The minimum absolute atomic E-state index is 0. The summed E-state index contributed by atoms with van der Waals surface area (Å²) in [6, 6.07) is 5.84. The van der Waals surface area contributed by atoms with E-state index in [1.165, 1.54) is 17.4 Å². The number of hydrogen-bond donors (Lipinski definition) is 2. The van der Waals surface area contributed by atoms with Gasteiger partial charge in [-0.15, -0.1) is 0 Å². The zero-order valence-electron chi connectivity index (χ0n) is 16.1. The Morgan fingerprint density at radius 1 is 1.43 bits per heavy atom. The van der Waals surface area contributed by atoms with Gasteiger partial charge in [0.1, 0.15) is 0 Å². The van der Waals surface area contributed by atoms with Crippen LogP contribution in [0.2, 0.25) is 0 Å². The van der Waals surface area contributed by atoms with Crippen molar-refractivity contribution in [1.82, 2.24) is 15.2 Å². The maximum Gasteiger partial charge on any atom is 0.407 e. The monoisotopic (exact) mass is 384 g/mol. The fraction of sp³-hybridized carbons (Fsp3) is 0.545. The van der Waals surface area contributed by atoms with Gasteiger partial charge in [0.25, 0.3) is 0 Å². The summed E-state index contributed by atoms with van der Waals surface area (Å²) in [5, 5.41) is 4.00. The summed E-state index contributed by atoms with van der Waals surface area (Å²) >= 11 is 0. The third kappa shape index (κ3) is 5.26. The Hall–Kier alpha value is -2.52. The van der Waals surface area contributed by atoms with Gasteiger partial charge in [0.05, 0.1) is 13.2 Å². The number of rotatable bonds is 9. The van der Waals surface area contributed by atoms with Crippen molar-refractivity contribution < 1.29 is 9.53 Å². The Balaban J connectivity index is 0.00000280. The molecular formula is C22H32N4O2. The van der Waals surface area contributed by atoms with Crippen molar-refractivity contribution in [3.8, 4) is 0 Å². The number of aromatic nitrogens is 1. The van der Waals surface area contributed by atoms with Gasteiger partial charge in [0.15, 0.2) is 5.69 Å². The van der Waals surface area contributed by atoms with Gasteiger partial charge in [-0.2, -0.15) is 0 Å². The molecule has 3 rings (SSSR count). The first-order chi connectivity index (χ1) is 13.2. The average Bonchev–Trinajstić information content (AvgIpc) is 3.32. The molecule has 1 aliphatic carbocycles.